The van der Waals surface area contributed by atoms with Gasteiger partial charge in [-0.1, -0.05) is 119 Å². The van der Waals surface area contributed by atoms with E-state index in [1.807, 2.05) is 30.3 Å². The van der Waals surface area contributed by atoms with Gasteiger partial charge in [0.15, 0.2) is 0 Å². The Morgan fingerprint density at radius 2 is 1.05 bits per heavy atom. The summed E-state index contributed by atoms with van der Waals surface area (Å²) < 4.78 is 14.9. The lowest BCUT2D eigenvalue weighted by molar-refractivity contribution is 0.609. The monoisotopic (exact) mass is 518 g/mol. The number of hydrogen-bond acceptors (Lipinski definition) is 0. The minimum Gasteiger partial charge on any atom is -0.206 e. The minimum absolute atomic E-state index is 0.0764. The maximum absolute atomic E-state index is 14.9. The smallest absolute Gasteiger partial charge is 0.134 e. The van der Waals surface area contributed by atoms with E-state index < -0.39 is 0 Å². The van der Waals surface area contributed by atoms with Crippen LogP contribution in [-0.4, -0.2) is 0 Å². The van der Waals surface area contributed by atoms with Crippen LogP contribution in [0.5, 0.6) is 0 Å². The normalized spacial score (nSPS) is 10.9. The lowest BCUT2D eigenvalue weighted by Crippen LogP contribution is -1.93. The van der Waals surface area contributed by atoms with Crippen LogP contribution < -0.4 is 0 Å². The lowest BCUT2D eigenvalue weighted by Gasteiger charge is -2.07. The second kappa shape index (κ2) is 15.3. The van der Waals surface area contributed by atoms with Crippen LogP contribution in [0.15, 0.2) is 78.9 Å². The van der Waals surface area contributed by atoms with E-state index >= 15 is 0 Å². The molecule has 0 amide bonds. The van der Waals surface area contributed by atoms with Gasteiger partial charge in [0.25, 0.3) is 0 Å². The average molecular weight is 519 g/mol. The predicted octanol–water partition coefficient (Wildman–Crippen LogP) is 10.4. The maximum atomic E-state index is 14.9. The van der Waals surface area contributed by atoms with Gasteiger partial charge in [0, 0.05) is 16.5 Å². The van der Waals surface area contributed by atoms with Crippen molar-refractivity contribution in [3.8, 4) is 11.8 Å². The van der Waals surface area contributed by atoms with Gasteiger partial charge >= 0.3 is 0 Å². The van der Waals surface area contributed by atoms with Crippen LogP contribution in [0.4, 0.5) is 4.39 Å². The highest BCUT2D eigenvalue weighted by Gasteiger charge is 2.07. The van der Waals surface area contributed by atoms with Crippen LogP contribution in [0, 0.1) is 17.7 Å². The van der Waals surface area contributed by atoms with Crippen molar-refractivity contribution in [2.24, 2.45) is 0 Å². The van der Waals surface area contributed by atoms with Crippen molar-refractivity contribution in [1.82, 2.24) is 0 Å². The van der Waals surface area contributed by atoms with Crippen LogP contribution >= 0.6 is 0 Å². The molecule has 0 spiro atoms. The van der Waals surface area contributed by atoms with Crippen LogP contribution in [0.3, 0.4) is 0 Å². The summed E-state index contributed by atoms with van der Waals surface area (Å²) in [6.45, 7) is 4.44. The number of aryl methyl sites for hydroxylation is 4. The highest BCUT2D eigenvalue weighted by molar-refractivity contribution is 5.85. The van der Waals surface area contributed by atoms with Crippen molar-refractivity contribution in [2.75, 3.05) is 0 Å². The molecule has 202 valence electrons. The molecule has 0 N–H and O–H groups in total. The molecule has 0 aliphatic rings. The summed E-state index contributed by atoms with van der Waals surface area (Å²) in [6, 6.07) is 27.6. The molecular weight excluding hydrogens is 475 g/mol. The first kappa shape index (κ1) is 28.6. The second-order valence-corrected chi connectivity index (χ2v) is 10.9. The third-order valence-electron chi connectivity index (χ3n) is 7.68. The zero-order valence-corrected chi connectivity index (χ0v) is 23.9. The van der Waals surface area contributed by atoms with E-state index in [-0.39, 0.29) is 5.82 Å². The number of halogens is 1. The number of unbranched alkanes of at least 4 members (excludes halogenated alkanes) is 6. The fourth-order valence-electron chi connectivity index (χ4n) is 5.17. The largest absolute Gasteiger partial charge is 0.206 e. The minimum atomic E-state index is -0.0764. The Kier molecular flexibility index (Phi) is 11.2. The van der Waals surface area contributed by atoms with E-state index in [0.29, 0.717) is 5.39 Å². The summed E-state index contributed by atoms with van der Waals surface area (Å²) in [5.74, 6) is 6.46. The molecule has 0 bridgehead atoms. The Labute approximate surface area is 235 Å². The van der Waals surface area contributed by atoms with Gasteiger partial charge in [0.05, 0.1) is 0 Å². The van der Waals surface area contributed by atoms with Crippen LogP contribution in [0.2, 0.25) is 0 Å². The van der Waals surface area contributed by atoms with Crippen LogP contribution in [-0.2, 0) is 25.7 Å². The van der Waals surface area contributed by atoms with Gasteiger partial charge in [0.1, 0.15) is 5.82 Å². The quantitative estimate of drug-likeness (QED) is 0.122. The maximum Gasteiger partial charge on any atom is 0.134 e. The third kappa shape index (κ3) is 8.83. The molecule has 0 saturated heterocycles. The Hall–Kier alpha value is -3.37. The number of rotatable bonds is 13. The molecule has 0 radical (unpaired) electrons. The lowest BCUT2D eigenvalue weighted by atomic mass is 9.99. The molecule has 4 aromatic rings. The van der Waals surface area contributed by atoms with Gasteiger partial charge in [-0.25, -0.2) is 4.39 Å². The van der Waals surface area contributed by atoms with Gasteiger partial charge in [-0.15, -0.1) is 0 Å². The van der Waals surface area contributed by atoms with E-state index in [0.717, 1.165) is 60.6 Å². The number of benzene rings is 4. The van der Waals surface area contributed by atoms with E-state index in [1.165, 1.54) is 55.2 Å². The van der Waals surface area contributed by atoms with Crippen molar-refractivity contribution >= 4 is 10.8 Å². The van der Waals surface area contributed by atoms with Gasteiger partial charge < -0.3 is 0 Å². The van der Waals surface area contributed by atoms with Gasteiger partial charge in [-0.05, 0) is 90.4 Å². The summed E-state index contributed by atoms with van der Waals surface area (Å²) >= 11 is 0. The topological polar surface area (TPSA) is 0 Å². The number of hydrogen-bond donors (Lipinski definition) is 0. The Balaban J connectivity index is 1.29. The highest BCUT2D eigenvalue weighted by Crippen LogP contribution is 2.24. The molecule has 0 fully saturated rings. The average Bonchev–Trinajstić information content (AvgIpc) is 2.97. The summed E-state index contributed by atoms with van der Waals surface area (Å²) in [7, 11) is 0. The van der Waals surface area contributed by atoms with Crippen molar-refractivity contribution in [3.05, 3.63) is 118 Å². The van der Waals surface area contributed by atoms with Crippen molar-refractivity contribution < 1.29 is 4.39 Å². The zero-order chi connectivity index (χ0) is 27.3. The Morgan fingerprint density at radius 3 is 1.74 bits per heavy atom. The molecule has 0 aliphatic carbocycles. The van der Waals surface area contributed by atoms with Gasteiger partial charge in [0.2, 0.25) is 0 Å². The predicted molar refractivity (Wildman–Crippen MR) is 166 cm³/mol. The van der Waals surface area contributed by atoms with E-state index in [4.69, 9.17) is 0 Å². The second-order valence-electron chi connectivity index (χ2n) is 10.9. The highest BCUT2D eigenvalue weighted by atomic mass is 19.1. The Morgan fingerprint density at radius 1 is 0.513 bits per heavy atom. The van der Waals surface area contributed by atoms with Gasteiger partial charge in [-0.2, -0.15) is 0 Å². The summed E-state index contributed by atoms with van der Waals surface area (Å²) in [6.07, 6.45) is 14.1. The molecule has 0 unspecified atom stereocenters. The molecule has 0 saturated carbocycles. The fraction of sp³-hybridized carbons (Fsp3) is 0.368. The molecule has 0 nitrogen and oxygen atoms in total. The van der Waals surface area contributed by atoms with Gasteiger partial charge in [-0.3, -0.25) is 0 Å². The fourth-order valence-corrected chi connectivity index (χ4v) is 5.17. The molecular formula is C38H43F. The molecule has 39 heavy (non-hydrogen) atoms. The summed E-state index contributed by atoms with van der Waals surface area (Å²) in [5, 5.41) is 1.60. The molecule has 0 heterocycles. The summed E-state index contributed by atoms with van der Waals surface area (Å²) in [4.78, 5) is 0. The third-order valence-corrected chi connectivity index (χ3v) is 7.68. The van der Waals surface area contributed by atoms with E-state index in [1.54, 1.807) is 0 Å². The molecule has 0 atom stereocenters. The van der Waals surface area contributed by atoms with Crippen LogP contribution in [0.25, 0.3) is 10.8 Å². The standard InChI is InChI=1S/C38H43F/c1-3-5-7-8-10-11-30-13-15-31(16-14-30)17-18-32-19-21-33(22-20-32)23-24-34-25-28-37-36(29-34)27-26-35(38(37)39)12-9-6-4-2/h13-16,19-22,25-29H,3-12,17-18H2,1-2H3. The Bertz CT molecular complexity index is 1370. The number of fused-ring (bicyclic) bond motifs is 1. The van der Waals surface area contributed by atoms with Crippen LogP contribution in [0.1, 0.15) is 98.6 Å². The van der Waals surface area contributed by atoms with Crippen molar-refractivity contribution in [1.29, 1.82) is 0 Å². The molecule has 4 rings (SSSR count). The SMILES string of the molecule is CCCCCCCc1ccc(CCc2ccc(C#Cc3ccc4c(F)c(CCCCC)ccc4c3)cc2)cc1. The van der Waals surface area contributed by atoms with E-state index in [2.05, 4.69) is 74.2 Å². The van der Waals surface area contributed by atoms with Crippen molar-refractivity contribution in [3.63, 3.8) is 0 Å². The first-order valence-electron chi connectivity index (χ1n) is 15.1. The first-order chi connectivity index (χ1) is 19.2. The first-order valence-corrected chi connectivity index (χ1v) is 15.1. The van der Waals surface area contributed by atoms with E-state index in [9.17, 15) is 4.39 Å². The molecule has 4 aromatic carbocycles. The van der Waals surface area contributed by atoms with Crippen molar-refractivity contribution in [2.45, 2.75) is 90.9 Å². The molecule has 1 heteroatoms. The summed E-state index contributed by atoms with van der Waals surface area (Å²) in [5.41, 5.74) is 6.92. The molecule has 0 aromatic heterocycles. The molecule has 0 aliphatic heterocycles. The zero-order valence-electron chi connectivity index (χ0n) is 23.9.